The van der Waals surface area contributed by atoms with Gasteiger partial charge in [0.2, 0.25) is 0 Å². The lowest BCUT2D eigenvalue weighted by Gasteiger charge is -2.11. The highest BCUT2D eigenvalue weighted by Gasteiger charge is 2.11. The third kappa shape index (κ3) is 3.14. The van der Waals surface area contributed by atoms with Gasteiger partial charge in [-0.1, -0.05) is 30.1 Å². The first kappa shape index (κ1) is 14.0. The number of hydrogen-bond donors (Lipinski definition) is 2. The van der Waals surface area contributed by atoms with Crippen molar-refractivity contribution in [1.82, 2.24) is 0 Å². The summed E-state index contributed by atoms with van der Waals surface area (Å²) in [7, 11) is 0. The van der Waals surface area contributed by atoms with Crippen LogP contribution in [0.3, 0.4) is 0 Å². The number of rotatable bonds is 3. The van der Waals surface area contributed by atoms with Crippen LogP contribution in [0.4, 0.5) is 0 Å². The fourth-order valence-corrected chi connectivity index (χ4v) is 2.48. The standard InChI is InChI=1S/C15H14Cl2O2/c1-2-9-6-13(17)8-11(15(9)19)5-10-7-12(16)3-4-14(10)18/h3-4,6-8,18-19H,2,5H2,1H3. The maximum atomic E-state index is 10.2. The Labute approximate surface area is 122 Å². The fourth-order valence-electron chi connectivity index (χ4n) is 2.02. The van der Waals surface area contributed by atoms with Crippen LogP contribution in [0.25, 0.3) is 0 Å². The van der Waals surface area contributed by atoms with Crippen LogP contribution in [-0.4, -0.2) is 10.2 Å². The van der Waals surface area contributed by atoms with Crippen LogP contribution in [0.2, 0.25) is 10.0 Å². The van der Waals surface area contributed by atoms with Gasteiger partial charge < -0.3 is 10.2 Å². The second-order valence-electron chi connectivity index (χ2n) is 4.38. The molecule has 0 aliphatic heterocycles. The Morgan fingerprint density at radius 2 is 1.53 bits per heavy atom. The van der Waals surface area contributed by atoms with Crippen LogP contribution < -0.4 is 0 Å². The van der Waals surface area contributed by atoms with Crippen LogP contribution in [0.15, 0.2) is 30.3 Å². The van der Waals surface area contributed by atoms with Gasteiger partial charge in [-0.25, -0.2) is 0 Å². The zero-order chi connectivity index (χ0) is 14.0. The van der Waals surface area contributed by atoms with E-state index in [1.807, 2.05) is 6.92 Å². The lowest BCUT2D eigenvalue weighted by molar-refractivity contribution is 0.459. The third-order valence-corrected chi connectivity index (χ3v) is 3.49. The van der Waals surface area contributed by atoms with Crippen molar-refractivity contribution in [1.29, 1.82) is 0 Å². The largest absolute Gasteiger partial charge is 0.508 e. The molecule has 0 unspecified atom stereocenters. The smallest absolute Gasteiger partial charge is 0.122 e. The minimum Gasteiger partial charge on any atom is -0.508 e. The van der Waals surface area contributed by atoms with Gasteiger partial charge in [0.25, 0.3) is 0 Å². The van der Waals surface area contributed by atoms with Crippen molar-refractivity contribution in [2.45, 2.75) is 19.8 Å². The van der Waals surface area contributed by atoms with Crippen LogP contribution in [0, 0.1) is 0 Å². The normalized spacial score (nSPS) is 10.7. The van der Waals surface area contributed by atoms with Crippen molar-refractivity contribution in [2.24, 2.45) is 0 Å². The molecule has 19 heavy (non-hydrogen) atoms. The quantitative estimate of drug-likeness (QED) is 0.872. The molecule has 0 fully saturated rings. The number of phenolic OH excluding ortho intramolecular Hbond substituents is 2. The Balaban J connectivity index is 2.43. The highest BCUT2D eigenvalue weighted by Crippen LogP contribution is 2.32. The molecule has 0 heterocycles. The number of phenols is 2. The predicted molar refractivity (Wildman–Crippen MR) is 78.4 cm³/mol. The Morgan fingerprint density at radius 1 is 0.895 bits per heavy atom. The Kier molecular flexibility index (Phi) is 4.23. The Hall–Kier alpha value is -1.38. The van der Waals surface area contributed by atoms with E-state index in [1.54, 1.807) is 30.3 Å². The van der Waals surface area contributed by atoms with Crippen molar-refractivity contribution in [3.63, 3.8) is 0 Å². The molecule has 2 nitrogen and oxygen atoms in total. The minimum absolute atomic E-state index is 0.154. The lowest BCUT2D eigenvalue weighted by atomic mass is 9.99. The summed E-state index contributed by atoms with van der Waals surface area (Å²) in [6, 6.07) is 8.30. The zero-order valence-electron chi connectivity index (χ0n) is 10.5. The molecular formula is C15H14Cl2O2. The maximum Gasteiger partial charge on any atom is 0.122 e. The molecule has 0 saturated heterocycles. The van der Waals surface area contributed by atoms with E-state index in [1.165, 1.54) is 0 Å². The van der Waals surface area contributed by atoms with Gasteiger partial charge in [0.15, 0.2) is 0 Å². The fraction of sp³-hybridized carbons (Fsp3) is 0.200. The average Bonchev–Trinajstić information content (AvgIpc) is 2.37. The molecule has 0 saturated carbocycles. The van der Waals surface area contributed by atoms with Gasteiger partial charge >= 0.3 is 0 Å². The molecule has 0 aliphatic carbocycles. The highest BCUT2D eigenvalue weighted by atomic mass is 35.5. The lowest BCUT2D eigenvalue weighted by Crippen LogP contribution is -1.93. The van der Waals surface area contributed by atoms with Crippen molar-refractivity contribution < 1.29 is 10.2 Å². The highest BCUT2D eigenvalue weighted by molar-refractivity contribution is 6.31. The zero-order valence-corrected chi connectivity index (χ0v) is 12.0. The van der Waals surface area contributed by atoms with Gasteiger partial charge in [0, 0.05) is 22.0 Å². The first-order valence-electron chi connectivity index (χ1n) is 5.99. The molecule has 0 spiro atoms. The van der Waals surface area contributed by atoms with Gasteiger partial charge in [-0.15, -0.1) is 0 Å². The van der Waals surface area contributed by atoms with E-state index in [2.05, 4.69) is 0 Å². The van der Waals surface area contributed by atoms with E-state index in [4.69, 9.17) is 23.2 Å². The summed E-state index contributed by atoms with van der Waals surface area (Å²) in [4.78, 5) is 0. The molecule has 2 rings (SSSR count). The summed E-state index contributed by atoms with van der Waals surface area (Å²) in [6.07, 6.45) is 1.08. The van der Waals surface area contributed by atoms with Crippen molar-refractivity contribution in [3.8, 4) is 11.5 Å². The van der Waals surface area contributed by atoms with Crippen LogP contribution in [0.5, 0.6) is 11.5 Å². The van der Waals surface area contributed by atoms with Crippen LogP contribution in [-0.2, 0) is 12.8 Å². The van der Waals surface area contributed by atoms with E-state index >= 15 is 0 Å². The van der Waals surface area contributed by atoms with E-state index in [0.717, 1.165) is 5.56 Å². The van der Waals surface area contributed by atoms with E-state index in [0.29, 0.717) is 34.0 Å². The number of aryl methyl sites for hydroxylation is 1. The van der Waals surface area contributed by atoms with Gasteiger partial charge in [-0.05, 0) is 47.9 Å². The molecule has 100 valence electrons. The molecule has 0 aliphatic rings. The summed E-state index contributed by atoms with van der Waals surface area (Å²) in [5, 5.41) is 21.1. The van der Waals surface area contributed by atoms with Crippen molar-refractivity contribution >= 4 is 23.2 Å². The molecule has 2 aromatic carbocycles. The average molecular weight is 297 g/mol. The first-order valence-corrected chi connectivity index (χ1v) is 6.74. The maximum absolute atomic E-state index is 10.2. The SMILES string of the molecule is CCc1cc(Cl)cc(Cc2cc(Cl)ccc2O)c1O. The minimum atomic E-state index is 0.154. The molecule has 0 aromatic heterocycles. The summed E-state index contributed by atoms with van der Waals surface area (Å²) >= 11 is 12.0. The Morgan fingerprint density at radius 3 is 2.21 bits per heavy atom. The van der Waals surface area contributed by atoms with Gasteiger partial charge in [0.1, 0.15) is 11.5 Å². The molecule has 0 amide bonds. The molecule has 0 atom stereocenters. The topological polar surface area (TPSA) is 40.5 Å². The molecular weight excluding hydrogens is 283 g/mol. The third-order valence-electron chi connectivity index (χ3n) is 3.04. The molecule has 0 bridgehead atoms. The van der Waals surface area contributed by atoms with E-state index < -0.39 is 0 Å². The molecule has 2 N–H and O–H groups in total. The van der Waals surface area contributed by atoms with E-state index in [-0.39, 0.29) is 11.5 Å². The number of benzene rings is 2. The van der Waals surface area contributed by atoms with Gasteiger partial charge in [-0.2, -0.15) is 0 Å². The van der Waals surface area contributed by atoms with Gasteiger partial charge in [-0.3, -0.25) is 0 Å². The number of hydrogen-bond acceptors (Lipinski definition) is 2. The molecule has 0 radical (unpaired) electrons. The first-order chi connectivity index (χ1) is 9.01. The number of halogens is 2. The summed E-state index contributed by atoms with van der Waals surface area (Å²) in [5.41, 5.74) is 2.14. The summed E-state index contributed by atoms with van der Waals surface area (Å²) < 4.78 is 0. The molecule has 4 heteroatoms. The second-order valence-corrected chi connectivity index (χ2v) is 5.25. The van der Waals surface area contributed by atoms with Crippen LogP contribution in [0.1, 0.15) is 23.6 Å². The Bertz CT molecular complexity index is 609. The summed E-state index contributed by atoms with van der Waals surface area (Å²) in [6.45, 7) is 1.95. The van der Waals surface area contributed by atoms with Gasteiger partial charge in [0.05, 0.1) is 0 Å². The van der Waals surface area contributed by atoms with Crippen molar-refractivity contribution in [3.05, 3.63) is 57.1 Å². The van der Waals surface area contributed by atoms with Crippen molar-refractivity contribution in [2.75, 3.05) is 0 Å². The predicted octanol–water partition coefficient (Wildman–Crippen LogP) is 4.56. The number of aromatic hydroxyl groups is 2. The second kappa shape index (κ2) is 5.72. The molecule has 2 aromatic rings. The van der Waals surface area contributed by atoms with Crippen LogP contribution >= 0.6 is 23.2 Å². The monoisotopic (exact) mass is 296 g/mol. The van der Waals surface area contributed by atoms with E-state index in [9.17, 15) is 10.2 Å². The summed E-state index contributed by atoms with van der Waals surface area (Å²) in [5.74, 6) is 0.382.